The van der Waals surface area contributed by atoms with Crippen LogP contribution in [0, 0.1) is 5.92 Å². The van der Waals surface area contributed by atoms with Crippen LogP contribution >= 0.6 is 0 Å². The fraction of sp³-hybridized carbons (Fsp3) is 0.400. The first kappa shape index (κ1) is 14.4. The second-order valence-electron chi connectivity index (χ2n) is 5.50. The lowest BCUT2D eigenvalue weighted by Crippen LogP contribution is -2.40. The zero-order chi connectivity index (χ0) is 15.7. The van der Waals surface area contributed by atoms with Crippen molar-refractivity contribution in [2.45, 2.75) is 25.3 Å². The van der Waals surface area contributed by atoms with Crippen LogP contribution in [0.4, 0.5) is 5.69 Å². The van der Waals surface area contributed by atoms with Crippen LogP contribution in [0.2, 0.25) is 0 Å². The first-order chi connectivity index (χ1) is 10.5. The molecule has 0 radical (unpaired) electrons. The maximum absolute atomic E-state index is 12.3. The number of carboxylic acids is 1. The summed E-state index contributed by atoms with van der Waals surface area (Å²) in [5.74, 6) is -1.52. The van der Waals surface area contributed by atoms with Crippen LogP contribution in [0.15, 0.2) is 18.2 Å². The van der Waals surface area contributed by atoms with Crippen molar-refractivity contribution >= 4 is 23.5 Å². The summed E-state index contributed by atoms with van der Waals surface area (Å²) in [7, 11) is 0. The smallest absolute Gasteiger partial charge is 0.308 e. The van der Waals surface area contributed by atoms with Gasteiger partial charge >= 0.3 is 5.97 Å². The minimum atomic E-state index is -0.881. The van der Waals surface area contributed by atoms with Gasteiger partial charge in [0.05, 0.1) is 11.6 Å². The number of rotatable bonds is 3. The molecule has 1 aromatic rings. The summed E-state index contributed by atoms with van der Waals surface area (Å²) < 4.78 is 5.23. The molecule has 2 atom stereocenters. The third kappa shape index (κ3) is 2.74. The lowest BCUT2D eigenvalue weighted by molar-refractivity contribution is -0.142. The summed E-state index contributed by atoms with van der Waals surface area (Å²) in [4.78, 5) is 34.7. The molecule has 0 spiro atoms. The number of carboxylic acid groups (broad SMARTS) is 1. The van der Waals surface area contributed by atoms with Crippen molar-refractivity contribution < 1.29 is 24.2 Å². The van der Waals surface area contributed by atoms with E-state index in [4.69, 9.17) is 9.84 Å². The van der Waals surface area contributed by atoms with Crippen LogP contribution < -0.4 is 15.4 Å². The van der Waals surface area contributed by atoms with Gasteiger partial charge in [0.2, 0.25) is 0 Å². The third-order valence-corrected chi connectivity index (χ3v) is 4.02. The maximum atomic E-state index is 12.3. The van der Waals surface area contributed by atoms with Gasteiger partial charge in [-0.1, -0.05) is 6.42 Å². The van der Waals surface area contributed by atoms with Crippen molar-refractivity contribution in [1.29, 1.82) is 0 Å². The highest BCUT2D eigenvalue weighted by atomic mass is 16.5. The van der Waals surface area contributed by atoms with Crippen LogP contribution in [0.25, 0.3) is 0 Å². The highest BCUT2D eigenvalue weighted by Crippen LogP contribution is 2.29. The molecule has 1 aromatic carbocycles. The number of benzene rings is 1. The third-order valence-electron chi connectivity index (χ3n) is 4.02. The number of carbonyl (C=O) groups excluding carboxylic acids is 2. The number of nitrogens with one attached hydrogen (secondary N) is 2. The first-order valence-corrected chi connectivity index (χ1v) is 7.15. The van der Waals surface area contributed by atoms with Crippen LogP contribution in [-0.2, 0) is 9.59 Å². The molecule has 1 aliphatic carbocycles. The molecule has 1 saturated carbocycles. The van der Waals surface area contributed by atoms with E-state index < -0.39 is 11.9 Å². The summed E-state index contributed by atoms with van der Waals surface area (Å²) in [5.41, 5.74) is 0.811. The van der Waals surface area contributed by atoms with Crippen LogP contribution in [0.5, 0.6) is 5.75 Å². The summed E-state index contributed by atoms with van der Waals surface area (Å²) in [6.45, 7) is -0.0408. The van der Waals surface area contributed by atoms with E-state index in [0.717, 1.165) is 6.42 Å². The Balaban J connectivity index is 1.74. The average molecular weight is 304 g/mol. The number of hydrogen-bond acceptors (Lipinski definition) is 4. The van der Waals surface area contributed by atoms with Crippen molar-refractivity contribution in [2.75, 3.05) is 11.9 Å². The van der Waals surface area contributed by atoms with Crippen LogP contribution in [0.3, 0.4) is 0 Å². The van der Waals surface area contributed by atoms with E-state index in [2.05, 4.69) is 10.6 Å². The number of anilines is 1. The molecule has 22 heavy (non-hydrogen) atoms. The number of hydrogen-bond donors (Lipinski definition) is 3. The zero-order valence-electron chi connectivity index (χ0n) is 11.8. The molecule has 3 N–H and O–H groups in total. The van der Waals surface area contributed by atoms with E-state index in [1.54, 1.807) is 12.1 Å². The van der Waals surface area contributed by atoms with Gasteiger partial charge in [-0.05, 0) is 31.0 Å². The molecule has 1 heterocycles. The highest BCUT2D eigenvalue weighted by molar-refractivity contribution is 6.00. The second-order valence-corrected chi connectivity index (χ2v) is 5.50. The van der Waals surface area contributed by atoms with Gasteiger partial charge in [0.25, 0.3) is 11.8 Å². The van der Waals surface area contributed by atoms with Gasteiger partial charge in [0, 0.05) is 11.6 Å². The van der Waals surface area contributed by atoms with Crippen LogP contribution in [-0.4, -0.2) is 35.5 Å². The molecular formula is C15H16N2O5. The van der Waals surface area contributed by atoms with E-state index >= 15 is 0 Å². The van der Waals surface area contributed by atoms with E-state index in [-0.39, 0.29) is 24.5 Å². The molecule has 2 aliphatic rings. The lowest BCUT2D eigenvalue weighted by atomic mass is 10.0. The summed E-state index contributed by atoms with van der Waals surface area (Å²) in [6, 6.07) is 4.39. The Bertz CT molecular complexity index is 643. The van der Waals surface area contributed by atoms with E-state index in [9.17, 15) is 14.4 Å². The van der Waals surface area contributed by atoms with E-state index in [0.29, 0.717) is 29.8 Å². The summed E-state index contributed by atoms with van der Waals surface area (Å²) in [6.07, 6.45) is 2.03. The van der Waals surface area contributed by atoms with Gasteiger partial charge in [-0.2, -0.15) is 0 Å². The lowest BCUT2D eigenvalue weighted by Gasteiger charge is -2.20. The van der Waals surface area contributed by atoms with Crippen molar-refractivity contribution in [1.82, 2.24) is 5.32 Å². The Morgan fingerprint density at radius 3 is 2.91 bits per heavy atom. The fourth-order valence-electron chi connectivity index (χ4n) is 2.90. The molecule has 1 aliphatic heterocycles. The Labute approximate surface area is 126 Å². The topological polar surface area (TPSA) is 105 Å². The van der Waals surface area contributed by atoms with Crippen molar-refractivity contribution in [3.05, 3.63) is 23.8 Å². The van der Waals surface area contributed by atoms with Gasteiger partial charge < -0.3 is 20.5 Å². The number of carbonyl (C=O) groups is 3. The molecule has 7 nitrogen and oxygen atoms in total. The van der Waals surface area contributed by atoms with E-state index in [1.165, 1.54) is 6.07 Å². The summed E-state index contributed by atoms with van der Waals surface area (Å²) in [5, 5.41) is 14.5. The predicted molar refractivity (Wildman–Crippen MR) is 76.8 cm³/mol. The Morgan fingerprint density at radius 1 is 1.32 bits per heavy atom. The van der Waals surface area contributed by atoms with Gasteiger partial charge in [-0.25, -0.2) is 0 Å². The molecule has 1 fully saturated rings. The maximum Gasteiger partial charge on any atom is 0.308 e. The highest BCUT2D eigenvalue weighted by Gasteiger charge is 2.34. The minimum absolute atomic E-state index is 0.0408. The Morgan fingerprint density at radius 2 is 2.14 bits per heavy atom. The minimum Gasteiger partial charge on any atom is -0.482 e. The zero-order valence-corrected chi connectivity index (χ0v) is 11.8. The van der Waals surface area contributed by atoms with Gasteiger partial charge in [-0.3, -0.25) is 14.4 Å². The van der Waals surface area contributed by atoms with Gasteiger partial charge in [0.1, 0.15) is 5.75 Å². The standard InChI is InChI=1S/C15H16N2O5/c18-13-7-22-12-5-4-8(6-11(12)16-13)14(19)17-10-3-1-2-9(10)15(20)21/h4-6,9-10H,1-3,7H2,(H,16,18)(H,17,19)(H,20,21)/t9-,10+/m1/s1. The molecule has 0 saturated heterocycles. The van der Waals surface area contributed by atoms with Crippen molar-refractivity contribution in [2.24, 2.45) is 5.92 Å². The number of amides is 2. The molecule has 3 rings (SSSR count). The number of fused-ring (bicyclic) bond motifs is 1. The second kappa shape index (κ2) is 5.67. The normalized spacial score (nSPS) is 23.2. The Hall–Kier alpha value is -2.57. The SMILES string of the molecule is O=C1COc2ccc(C(=O)N[C@H]3CCC[C@H]3C(=O)O)cc2N1. The van der Waals surface area contributed by atoms with Gasteiger partial charge in [-0.15, -0.1) is 0 Å². The molecule has 116 valence electrons. The summed E-state index contributed by atoms with van der Waals surface area (Å²) >= 11 is 0. The average Bonchev–Trinajstić information content (AvgIpc) is 2.94. The molecule has 7 heteroatoms. The van der Waals surface area contributed by atoms with Crippen LogP contribution in [0.1, 0.15) is 29.6 Å². The molecule has 0 unspecified atom stereocenters. The fourth-order valence-corrected chi connectivity index (χ4v) is 2.90. The van der Waals surface area contributed by atoms with Crippen molar-refractivity contribution in [3.8, 4) is 5.75 Å². The quantitative estimate of drug-likeness (QED) is 0.772. The Kier molecular flexibility index (Phi) is 3.70. The van der Waals surface area contributed by atoms with Gasteiger partial charge in [0.15, 0.2) is 6.61 Å². The molecule has 2 amide bonds. The monoisotopic (exact) mass is 304 g/mol. The van der Waals surface area contributed by atoms with Crippen molar-refractivity contribution in [3.63, 3.8) is 0 Å². The van der Waals surface area contributed by atoms with E-state index in [1.807, 2.05) is 0 Å². The predicted octanol–water partition coefficient (Wildman–Crippen LogP) is 1.00. The largest absolute Gasteiger partial charge is 0.482 e. The number of aliphatic carboxylic acids is 1. The molecule has 0 bridgehead atoms. The molecular weight excluding hydrogens is 288 g/mol. The molecule has 0 aromatic heterocycles. The first-order valence-electron chi connectivity index (χ1n) is 7.15. The number of ether oxygens (including phenoxy) is 1.